The van der Waals surface area contributed by atoms with Gasteiger partial charge in [-0.05, 0) is 32.8 Å². The van der Waals surface area contributed by atoms with Crippen molar-refractivity contribution in [1.82, 2.24) is 35.5 Å². The van der Waals surface area contributed by atoms with Crippen molar-refractivity contribution in [2.45, 2.75) is 57.8 Å². The lowest BCUT2D eigenvalue weighted by molar-refractivity contribution is -0.142. The van der Waals surface area contributed by atoms with Gasteiger partial charge in [0.05, 0.1) is 32.1 Å². The van der Waals surface area contributed by atoms with Crippen LogP contribution in [0.5, 0.6) is 0 Å². The van der Waals surface area contributed by atoms with Crippen LogP contribution in [0.1, 0.15) is 45.6 Å². The number of benzene rings is 1. The summed E-state index contributed by atoms with van der Waals surface area (Å²) in [6.45, 7) is 6.02. The highest BCUT2D eigenvalue weighted by Gasteiger charge is 2.49. The number of nitrogens with one attached hydrogen (secondary N) is 4. The largest absolute Gasteiger partial charge is 0.465 e. The van der Waals surface area contributed by atoms with Gasteiger partial charge >= 0.3 is 18.0 Å². The van der Waals surface area contributed by atoms with Crippen LogP contribution in [0.15, 0.2) is 47.6 Å². The Morgan fingerprint density at radius 1 is 0.927 bits per heavy atom. The summed E-state index contributed by atoms with van der Waals surface area (Å²) in [4.78, 5) is 76.5. The fourth-order valence-corrected chi connectivity index (χ4v) is 8.22. The van der Waals surface area contributed by atoms with Gasteiger partial charge in [-0.3, -0.25) is 28.6 Å². The molecule has 2 fully saturated rings. The zero-order valence-corrected chi connectivity index (χ0v) is 33.0. The Morgan fingerprint density at radius 3 is 2.15 bits per heavy atom. The van der Waals surface area contributed by atoms with E-state index in [1.807, 2.05) is 42.2 Å². The summed E-state index contributed by atoms with van der Waals surface area (Å²) in [6, 6.07) is 7.80. The van der Waals surface area contributed by atoms with Crippen LogP contribution in [-0.2, 0) is 42.7 Å². The fourth-order valence-electron chi connectivity index (χ4n) is 6.32. The molecule has 3 amide bonds. The van der Waals surface area contributed by atoms with Crippen LogP contribution < -0.4 is 20.8 Å². The molecule has 0 bridgehead atoms. The second-order valence-electron chi connectivity index (χ2n) is 13.1. The molecule has 0 saturated carbocycles. The molecule has 1 unspecified atom stereocenters. The summed E-state index contributed by atoms with van der Waals surface area (Å²) in [5, 5.41) is 11.3. The predicted molar refractivity (Wildman–Crippen MR) is 203 cm³/mol. The maximum absolute atomic E-state index is 14.8. The number of hydrogen-bond donors (Lipinski definition) is 4. The van der Waals surface area contributed by atoms with Crippen LogP contribution >= 0.6 is 7.44 Å². The molecule has 3 aliphatic heterocycles. The zero-order valence-electron chi connectivity index (χ0n) is 32.1. The van der Waals surface area contributed by atoms with E-state index in [1.54, 1.807) is 33.2 Å². The molecule has 304 valence electrons. The first-order chi connectivity index (χ1) is 26.5. The molecule has 3 atom stereocenters. The van der Waals surface area contributed by atoms with Crippen LogP contribution in [0.2, 0.25) is 0 Å². The molecule has 0 aromatic heterocycles. The Morgan fingerprint density at radius 2 is 1.56 bits per heavy atom. The second-order valence-corrected chi connectivity index (χ2v) is 15.6. The van der Waals surface area contributed by atoms with Crippen LogP contribution in [0.25, 0.3) is 0 Å². The van der Waals surface area contributed by atoms with E-state index in [4.69, 9.17) is 23.9 Å². The molecule has 1 aromatic carbocycles. The third-order valence-corrected chi connectivity index (χ3v) is 11.6. The number of amidine groups is 1. The number of methoxy groups -OCH3 is 1. The Hall–Kier alpha value is -4.35. The van der Waals surface area contributed by atoms with Crippen molar-refractivity contribution in [1.29, 1.82) is 0 Å². The van der Waals surface area contributed by atoms with Crippen LogP contribution in [0.4, 0.5) is 4.79 Å². The molecule has 19 heteroatoms. The van der Waals surface area contributed by atoms with Crippen LogP contribution in [0.3, 0.4) is 0 Å². The number of esters is 2. The van der Waals surface area contributed by atoms with E-state index in [9.17, 15) is 28.5 Å². The van der Waals surface area contributed by atoms with Crippen molar-refractivity contribution in [2.75, 3.05) is 85.5 Å². The SMILES string of the molecule is CCCCOC(=O)N1CCN(C(=O)C(CP(=O)(NCC(=O)OCC)NCC(=O)OCC)NC(=O)[C@]2(N3CC[C@H](OC)C3)C=CNC(c3ccccc3)=N2)CC1. The normalized spacial score (nSPS) is 20.6. The molecule has 2 saturated heterocycles. The predicted octanol–water partition coefficient (Wildman–Crippen LogP) is 1.03. The van der Waals surface area contributed by atoms with E-state index in [-0.39, 0.29) is 52.1 Å². The first kappa shape index (κ1) is 43.4. The number of piperazine rings is 1. The van der Waals surface area contributed by atoms with Gasteiger partial charge < -0.3 is 39.4 Å². The number of ether oxygens (including phenoxy) is 4. The number of likely N-dealkylation sites (tertiary alicyclic amines) is 1. The van der Waals surface area contributed by atoms with Gasteiger partial charge in [0.1, 0.15) is 25.0 Å². The number of aliphatic imine (C=N–C) groups is 1. The maximum atomic E-state index is 14.8. The van der Waals surface area contributed by atoms with Crippen molar-refractivity contribution >= 4 is 43.1 Å². The summed E-state index contributed by atoms with van der Waals surface area (Å²) in [6.07, 6.45) is 4.25. The van der Waals surface area contributed by atoms with Gasteiger partial charge in [0.2, 0.25) is 19.0 Å². The number of carbonyl (C=O) groups is 5. The maximum Gasteiger partial charge on any atom is 0.409 e. The minimum absolute atomic E-state index is 0.0761. The van der Waals surface area contributed by atoms with Crippen molar-refractivity contribution < 1.29 is 47.5 Å². The molecule has 18 nitrogen and oxygen atoms in total. The number of unbranched alkanes of at least 4 members (excludes halogenated alkanes) is 1. The van der Waals surface area contributed by atoms with Gasteiger partial charge in [0.15, 0.2) is 0 Å². The van der Waals surface area contributed by atoms with E-state index in [1.165, 1.54) is 9.80 Å². The molecule has 3 aliphatic rings. The monoisotopic (exact) mass is 790 g/mol. The summed E-state index contributed by atoms with van der Waals surface area (Å²) in [5.74, 6) is -2.26. The minimum atomic E-state index is -4.05. The number of amides is 3. The van der Waals surface area contributed by atoms with Gasteiger partial charge in [-0.2, -0.15) is 0 Å². The Bertz CT molecular complexity index is 1560. The Kier molecular flexibility index (Phi) is 16.6. The first-order valence-corrected chi connectivity index (χ1v) is 20.7. The van der Waals surface area contributed by atoms with E-state index in [0.29, 0.717) is 25.3 Å². The van der Waals surface area contributed by atoms with E-state index >= 15 is 0 Å². The van der Waals surface area contributed by atoms with Crippen molar-refractivity contribution in [3.63, 3.8) is 0 Å². The Balaban J connectivity index is 1.68. The van der Waals surface area contributed by atoms with Gasteiger partial charge in [0, 0.05) is 58.1 Å². The van der Waals surface area contributed by atoms with Gasteiger partial charge in [0.25, 0.3) is 5.91 Å². The van der Waals surface area contributed by atoms with E-state index < -0.39 is 68.2 Å². The lowest BCUT2D eigenvalue weighted by atomic mass is 10.0. The Labute approximate surface area is 322 Å². The third-order valence-electron chi connectivity index (χ3n) is 9.34. The van der Waals surface area contributed by atoms with Gasteiger partial charge in [-0.15, -0.1) is 0 Å². The topological polar surface area (TPSA) is 210 Å². The molecule has 4 N–H and O–H groups in total. The number of rotatable bonds is 19. The lowest BCUT2D eigenvalue weighted by Crippen LogP contribution is -2.63. The first-order valence-electron chi connectivity index (χ1n) is 18.8. The molecule has 3 heterocycles. The third kappa shape index (κ3) is 12.1. The summed E-state index contributed by atoms with van der Waals surface area (Å²) in [7, 11) is -2.45. The van der Waals surface area contributed by atoms with Crippen molar-refractivity contribution in [3.8, 4) is 0 Å². The number of nitrogens with zero attached hydrogens (tertiary/aromatic N) is 4. The molecule has 0 spiro atoms. The average molecular weight is 791 g/mol. The zero-order chi connectivity index (χ0) is 39.8. The van der Waals surface area contributed by atoms with E-state index in [0.717, 1.165) is 18.4 Å². The molecule has 4 rings (SSSR count). The number of carbonyl (C=O) groups excluding carboxylic acids is 5. The molecule has 0 aliphatic carbocycles. The number of hydrogen-bond acceptors (Lipinski definition) is 13. The summed E-state index contributed by atoms with van der Waals surface area (Å²) < 4.78 is 35.6. The van der Waals surface area contributed by atoms with Crippen LogP contribution in [-0.4, -0.2) is 154 Å². The van der Waals surface area contributed by atoms with Gasteiger partial charge in [-0.25, -0.2) is 20.0 Å². The van der Waals surface area contributed by atoms with Gasteiger partial charge in [-0.1, -0.05) is 43.7 Å². The average Bonchev–Trinajstić information content (AvgIpc) is 3.70. The van der Waals surface area contributed by atoms with Crippen molar-refractivity contribution in [2.24, 2.45) is 4.99 Å². The van der Waals surface area contributed by atoms with E-state index in [2.05, 4.69) is 20.8 Å². The summed E-state index contributed by atoms with van der Waals surface area (Å²) in [5.41, 5.74) is -0.926. The smallest absolute Gasteiger partial charge is 0.409 e. The molecule has 1 aromatic rings. The fraction of sp³-hybridized carbons (Fsp3) is 0.611. The lowest BCUT2D eigenvalue weighted by Gasteiger charge is -2.40. The summed E-state index contributed by atoms with van der Waals surface area (Å²) >= 11 is 0. The highest BCUT2D eigenvalue weighted by atomic mass is 31.2. The molecular weight excluding hydrogens is 735 g/mol. The van der Waals surface area contributed by atoms with Crippen molar-refractivity contribution in [3.05, 3.63) is 48.2 Å². The second kappa shape index (κ2) is 21.1. The molecular formula is C36H55N8O10P. The molecule has 55 heavy (non-hydrogen) atoms. The molecule has 0 radical (unpaired) electrons. The quantitative estimate of drug-likeness (QED) is 0.0669. The highest BCUT2D eigenvalue weighted by Crippen LogP contribution is 2.37. The van der Waals surface area contributed by atoms with Crippen LogP contribution in [0, 0.1) is 0 Å². The highest BCUT2D eigenvalue weighted by molar-refractivity contribution is 7.60. The minimum Gasteiger partial charge on any atom is -0.465 e. The standard InChI is InChI=1S/C36H55N8O10P/c1-5-8-22-54-35(49)43-20-18-42(19-21-43)33(47)29(26-55(50,38-23-30(45)52-6-2)39-24-31(46)53-7-3)40-34(48)36(44-17-14-28(25-44)51-4)15-16-37-32(41-36)27-12-10-9-11-13-27/h9-13,15-16,28-29H,5-8,14,17-26H2,1-4H3,(H,37,41)(H,40,48)(H2,38,39,50)/t28-,29?,36+/m0/s1.